The van der Waals surface area contributed by atoms with E-state index in [-0.39, 0.29) is 22.4 Å². The van der Waals surface area contributed by atoms with Gasteiger partial charge in [0.25, 0.3) is 11.5 Å². The van der Waals surface area contributed by atoms with Crippen molar-refractivity contribution in [2.24, 2.45) is 0 Å². The van der Waals surface area contributed by atoms with Gasteiger partial charge in [-0.15, -0.1) is 0 Å². The lowest BCUT2D eigenvalue weighted by Crippen LogP contribution is -2.27. The van der Waals surface area contributed by atoms with Gasteiger partial charge in [0.1, 0.15) is 28.6 Å². The molecular formula is C31H30N4O3. The van der Waals surface area contributed by atoms with Crippen molar-refractivity contribution >= 4 is 17.6 Å². The molecule has 4 rings (SSSR count). The van der Waals surface area contributed by atoms with Crippen molar-refractivity contribution in [2.45, 2.75) is 39.5 Å². The molecule has 0 spiro atoms. The second kappa shape index (κ2) is 11.1. The summed E-state index contributed by atoms with van der Waals surface area (Å²) in [7, 11) is 0. The van der Waals surface area contributed by atoms with E-state index in [0.717, 1.165) is 16.7 Å². The van der Waals surface area contributed by atoms with E-state index in [1.807, 2.05) is 73.7 Å². The van der Waals surface area contributed by atoms with Gasteiger partial charge in [-0.2, -0.15) is 10.2 Å². The summed E-state index contributed by atoms with van der Waals surface area (Å²) in [5.41, 5.74) is 2.75. The number of aromatic nitrogens is 2. The summed E-state index contributed by atoms with van der Waals surface area (Å²) < 4.78 is 7.46. The number of rotatable bonds is 7. The van der Waals surface area contributed by atoms with Crippen LogP contribution in [0.5, 0.6) is 11.6 Å². The van der Waals surface area contributed by atoms with Crippen molar-refractivity contribution in [1.82, 2.24) is 14.7 Å². The zero-order valence-corrected chi connectivity index (χ0v) is 22.0. The Balaban J connectivity index is 1.70. The summed E-state index contributed by atoms with van der Waals surface area (Å²) in [4.78, 5) is 30.9. The van der Waals surface area contributed by atoms with Gasteiger partial charge in [-0.05, 0) is 59.7 Å². The van der Waals surface area contributed by atoms with Gasteiger partial charge in [0.15, 0.2) is 0 Å². The highest BCUT2D eigenvalue weighted by Gasteiger charge is 2.19. The fraction of sp³-hybridized carbons (Fsp3) is 0.226. The number of pyridine rings is 1. The van der Waals surface area contributed by atoms with Crippen LogP contribution in [-0.4, -0.2) is 21.8 Å². The van der Waals surface area contributed by atoms with Crippen LogP contribution in [0.2, 0.25) is 0 Å². The van der Waals surface area contributed by atoms with E-state index in [1.54, 1.807) is 12.3 Å². The van der Waals surface area contributed by atoms with Crippen LogP contribution in [0.25, 0.3) is 11.7 Å². The summed E-state index contributed by atoms with van der Waals surface area (Å²) in [6.45, 7) is 8.55. The maximum absolute atomic E-state index is 13.5. The molecule has 0 radical (unpaired) electrons. The molecule has 2 aromatic carbocycles. The molecular weight excluding hydrogens is 476 g/mol. The molecule has 1 N–H and O–H groups in total. The fourth-order valence-corrected chi connectivity index (χ4v) is 3.98. The van der Waals surface area contributed by atoms with Gasteiger partial charge < -0.3 is 10.1 Å². The number of fused-ring (bicyclic) bond motifs is 1. The molecule has 7 nitrogen and oxygen atoms in total. The number of ether oxygens (including phenoxy) is 1. The van der Waals surface area contributed by atoms with Crippen molar-refractivity contribution in [3.05, 3.63) is 111 Å². The average Bonchev–Trinajstić information content (AvgIpc) is 2.89. The number of hydrogen-bond donors (Lipinski definition) is 1. The molecule has 0 aliphatic carbocycles. The van der Waals surface area contributed by atoms with Crippen LogP contribution in [0, 0.1) is 18.3 Å². The molecule has 0 aliphatic rings. The molecule has 0 fully saturated rings. The molecule has 2 heterocycles. The van der Waals surface area contributed by atoms with Crippen LogP contribution < -0.4 is 15.6 Å². The minimum Gasteiger partial charge on any atom is -0.438 e. The molecule has 0 bridgehead atoms. The highest BCUT2D eigenvalue weighted by atomic mass is 16.5. The Hall–Kier alpha value is -4.70. The van der Waals surface area contributed by atoms with Gasteiger partial charge in [0, 0.05) is 12.7 Å². The minimum atomic E-state index is -0.572. The van der Waals surface area contributed by atoms with Crippen molar-refractivity contribution in [3.8, 4) is 17.7 Å². The van der Waals surface area contributed by atoms with Crippen molar-refractivity contribution in [3.63, 3.8) is 0 Å². The Kier molecular flexibility index (Phi) is 7.73. The molecule has 0 aliphatic heterocycles. The van der Waals surface area contributed by atoms with Gasteiger partial charge >= 0.3 is 0 Å². The molecule has 192 valence electrons. The lowest BCUT2D eigenvalue weighted by molar-refractivity contribution is -0.117. The molecule has 1 amide bonds. The first-order chi connectivity index (χ1) is 18.2. The van der Waals surface area contributed by atoms with Crippen LogP contribution >= 0.6 is 0 Å². The predicted molar refractivity (Wildman–Crippen MR) is 148 cm³/mol. The number of carbonyl (C=O) groups excluding carboxylic acids is 1. The van der Waals surface area contributed by atoms with Gasteiger partial charge in [-0.1, -0.05) is 69.3 Å². The van der Waals surface area contributed by atoms with E-state index < -0.39 is 11.5 Å². The topological polar surface area (TPSA) is 96.5 Å². The number of nitrogens with one attached hydrogen (secondary N) is 1. The summed E-state index contributed by atoms with van der Waals surface area (Å²) in [5, 5.41) is 12.5. The third-order valence-corrected chi connectivity index (χ3v) is 6.18. The van der Waals surface area contributed by atoms with Crippen molar-refractivity contribution in [2.75, 3.05) is 6.54 Å². The maximum atomic E-state index is 13.5. The minimum absolute atomic E-state index is 0.0164. The predicted octanol–water partition coefficient (Wildman–Crippen LogP) is 5.36. The first kappa shape index (κ1) is 26.4. The first-order valence-electron chi connectivity index (χ1n) is 12.4. The molecule has 0 saturated carbocycles. The fourth-order valence-electron chi connectivity index (χ4n) is 3.98. The van der Waals surface area contributed by atoms with E-state index in [1.165, 1.54) is 10.5 Å². The van der Waals surface area contributed by atoms with Gasteiger partial charge in [0.05, 0.1) is 0 Å². The largest absolute Gasteiger partial charge is 0.438 e. The SMILES string of the molecule is Cc1cccn2c(=O)c(/C=C(/C#N)C(=O)NCCc3ccccc3)c(Oc3ccc(C(C)(C)C)cc3)nc12. The Bertz CT molecular complexity index is 1590. The molecule has 7 heteroatoms. The van der Waals surface area contributed by atoms with Gasteiger partial charge in [-0.3, -0.25) is 14.0 Å². The molecule has 4 aromatic rings. The van der Waals surface area contributed by atoms with Gasteiger partial charge in [0.2, 0.25) is 5.88 Å². The monoisotopic (exact) mass is 506 g/mol. The van der Waals surface area contributed by atoms with Crippen LogP contribution in [0.3, 0.4) is 0 Å². The number of benzene rings is 2. The molecule has 0 atom stereocenters. The lowest BCUT2D eigenvalue weighted by atomic mass is 9.87. The zero-order valence-electron chi connectivity index (χ0n) is 22.0. The summed E-state index contributed by atoms with van der Waals surface area (Å²) in [6, 6.07) is 22.8. The van der Waals surface area contributed by atoms with Crippen LogP contribution in [-0.2, 0) is 16.6 Å². The molecule has 38 heavy (non-hydrogen) atoms. The number of aryl methyl sites for hydroxylation is 1. The number of hydrogen-bond acceptors (Lipinski definition) is 5. The highest BCUT2D eigenvalue weighted by Crippen LogP contribution is 2.28. The maximum Gasteiger partial charge on any atom is 0.269 e. The van der Waals surface area contributed by atoms with E-state index in [9.17, 15) is 14.9 Å². The van der Waals surface area contributed by atoms with Crippen LogP contribution in [0.4, 0.5) is 0 Å². The van der Waals surface area contributed by atoms with E-state index in [0.29, 0.717) is 24.4 Å². The normalized spacial score (nSPS) is 11.7. The second-order valence-electron chi connectivity index (χ2n) is 10.1. The Morgan fingerprint density at radius 3 is 2.45 bits per heavy atom. The van der Waals surface area contributed by atoms with E-state index >= 15 is 0 Å². The smallest absolute Gasteiger partial charge is 0.269 e. The number of carbonyl (C=O) groups is 1. The number of nitriles is 1. The standard InChI is InChI=1S/C31H30N4O3/c1-21-9-8-18-35-27(21)34-29(38-25-14-12-24(13-15-25)31(2,3)4)26(30(35)37)19-23(20-32)28(36)33-17-16-22-10-6-5-7-11-22/h5-15,18-19H,16-17H2,1-4H3,(H,33,36)/b23-19-. The average molecular weight is 507 g/mol. The quantitative estimate of drug-likeness (QED) is 0.269. The molecule has 2 aromatic heterocycles. The number of nitrogens with zero attached hydrogens (tertiary/aromatic N) is 3. The van der Waals surface area contributed by atoms with Gasteiger partial charge in [-0.25, -0.2) is 0 Å². The van der Waals surface area contributed by atoms with Crippen molar-refractivity contribution in [1.29, 1.82) is 5.26 Å². The first-order valence-corrected chi connectivity index (χ1v) is 12.4. The highest BCUT2D eigenvalue weighted by molar-refractivity contribution is 6.01. The van der Waals surface area contributed by atoms with Crippen LogP contribution in [0.15, 0.2) is 83.3 Å². The lowest BCUT2D eigenvalue weighted by Gasteiger charge is -2.19. The third kappa shape index (κ3) is 5.98. The Labute approximate surface area is 222 Å². The molecule has 0 saturated heterocycles. The summed E-state index contributed by atoms with van der Waals surface area (Å²) in [6.07, 6.45) is 3.47. The van der Waals surface area contributed by atoms with E-state index in [2.05, 4.69) is 31.1 Å². The zero-order chi connectivity index (χ0) is 27.3. The van der Waals surface area contributed by atoms with E-state index in [4.69, 9.17) is 4.74 Å². The second-order valence-corrected chi connectivity index (χ2v) is 10.1. The van der Waals surface area contributed by atoms with Crippen molar-refractivity contribution < 1.29 is 9.53 Å². The summed E-state index contributed by atoms with van der Waals surface area (Å²) in [5.74, 6) is -0.0569. The Morgan fingerprint density at radius 2 is 1.79 bits per heavy atom. The van der Waals surface area contributed by atoms with Crippen LogP contribution in [0.1, 0.15) is 43.0 Å². The third-order valence-electron chi connectivity index (χ3n) is 6.18. The summed E-state index contributed by atoms with van der Waals surface area (Å²) >= 11 is 0. The molecule has 0 unspecified atom stereocenters. The number of amides is 1. The Morgan fingerprint density at radius 1 is 1.08 bits per heavy atom.